The van der Waals surface area contributed by atoms with Crippen LogP contribution < -0.4 is 0 Å². The van der Waals surface area contributed by atoms with E-state index in [0.29, 0.717) is 45.3 Å². The molecule has 98 heavy (non-hydrogen) atoms. The van der Waals surface area contributed by atoms with Crippen LogP contribution in [0.1, 0.15) is 16.7 Å². The first-order valence-electron chi connectivity index (χ1n) is 32.5. The molecule has 0 N–H and O–H groups in total. The van der Waals surface area contributed by atoms with Gasteiger partial charge >= 0.3 is 0 Å². The second-order valence-corrected chi connectivity index (χ2v) is 24.5. The van der Waals surface area contributed by atoms with Crippen LogP contribution in [0.2, 0.25) is 0 Å². The molecule has 0 amide bonds. The lowest BCUT2D eigenvalue weighted by atomic mass is 9.97. The predicted octanol–water partition coefficient (Wildman–Crippen LogP) is 22.4. The minimum absolute atomic E-state index is 0.390. The summed E-state index contributed by atoms with van der Waals surface area (Å²) in [6, 6.07) is 120. The van der Waals surface area contributed by atoms with Crippen LogP contribution in [0, 0.1) is 34.0 Å². The largest absolute Gasteiger partial charge is 0.309 e. The zero-order chi connectivity index (χ0) is 65.6. The highest BCUT2D eigenvalue weighted by atomic mass is 15.0. The van der Waals surface area contributed by atoms with Crippen molar-refractivity contribution in [3.05, 3.63) is 344 Å². The van der Waals surface area contributed by atoms with E-state index >= 15 is 0 Å². The molecule has 454 valence electrons. The number of hydrogen-bond acceptors (Lipinski definition) is 6. The molecule has 3 heterocycles. The summed E-state index contributed by atoms with van der Waals surface area (Å²) in [6.45, 7) is 0. The van der Waals surface area contributed by atoms with E-state index in [-0.39, 0.29) is 0 Å². The van der Waals surface area contributed by atoms with E-state index in [0.717, 1.165) is 138 Å². The highest BCUT2D eigenvalue weighted by Crippen LogP contribution is 2.43. The monoisotopic (exact) mass is 1250 g/mol. The molecular formula is C90H54N8. The van der Waals surface area contributed by atoms with Gasteiger partial charge in [-0.1, -0.05) is 212 Å². The smallest absolute Gasteiger partial charge is 0.164 e. The van der Waals surface area contributed by atoms with Gasteiger partial charge in [0.15, 0.2) is 17.5 Å². The SMILES string of the molecule is N#Cc1cccc(-c2cccc(-c3nc(-c4cc(-c5ccccc5C#N)cc(-n5c6ccc(-c7ccccc7)cc6c6cc(-c7ccccc7)ccc65)c4)nc(-c4cc(-c5ccccc5C#N)cc(-n5c6ccc(-c7ccccc7)cc6c6cc(-c7ccccc7)ccc65)c4)n3)c2)c1. The maximum absolute atomic E-state index is 10.8. The molecule has 0 atom stereocenters. The lowest BCUT2D eigenvalue weighted by Crippen LogP contribution is -2.03. The summed E-state index contributed by atoms with van der Waals surface area (Å²) in [6.07, 6.45) is 0. The first kappa shape index (κ1) is 58.0. The molecular weight excluding hydrogens is 1190 g/mol. The van der Waals surface area contributed by atoms with Gasteiger partial charge in [0.2, 0.25) is 0 Å². The Hall–Kier alpha value is -13.8. The molecule has 3 aromatic heterocycles. The molecule has 0 aliphatic rings. The number of aromatic nitrogens is 5. The van der Waals surface area contributed by atoms with Crippen molar-refractivity contribution in [2.24, 2.45) is 0 Å². The van der Waals surface area contributed by atoms with Gasteiger partial charge in [-0.15, -0.1) is 0 Å². The maximum atomic E-state index is 10.8. The number of nitriles is 3. The molecule has 8 nitrogen and oxygen atoms in total. The summed E-state index contributed by atoms with van der Waals surface area (Å²) < 4.78 is 4.63. The molecule has 0 saturated carbocycles. The Balaban J connectivity index is 0.934. The topological polar surface area (TPSA) is 120 Å². The summed E-state index contributed by atoms with van der Waals surface area (Å²) >= 11 is 0. The van der Waals surface area contributed by atoms with Crippen molar-refractivity contribution in [3.63, 3.8) is 0 Å². The molecule has 8 heteroatoms. The molecule has 0 aliphatic heterocycles. The van der Waals surface area contributed by atoms with Crippen molar-refractivity contribution in [2.75, 3.05) is 0 Å². The standard InChI is InChI=1S/C90H54N8/c91-55-58-19-17-30-63(43-58)64-31-18-32-69(44-64)88-94-89(74-45-72(78-33-15-13-28-70(78)56-92)47-76(49-74)97-84-39-35-65(59-20-5-1-6-21-59)51-80(84)81-52-66(36-40-85(81)97)60-22-7-2-8-23-60)96-90(95-88)75-46-73(79-34-16-14-29-71(79)57-93)48-77(50-75)98-86-41-37-67(61-24-9-3-10-25-61)53-82(86)83-54-68(38-42-87(83)98)62-26-11-4-12-27-62/h1-54H. The Kier molecular flexibility index (Phi) is 14.5. The summed E-state index contributed by atoms with van der Waals surface area (Å²) in [5.41, 5.74) is 23.1. The van der Waals surface area contributed by atoms with E-state index in [1.165, 1.54) is 0 Å². The molecule has 17 aromatic rings. The average Bonchev–Trinajstić information content (AvgIpc) is 1.57. The van der Waals surface area contributed by atoms with Crippen LogP contribution in [0.5, 0.6) is 0 Å². The Bertz CT molecular complexity index is 5630. The van der Waals surface area contributed by atoms with E-state index in [1.54, 1.807) is 6.07 Å². The van der Waals surface area contributed by atoms with Gasteiger partial charge in [0.1, 0.15) is 0 Å². The third-order valence-corrected chi connectivity index (χ3v) is 18.6. The summed E-state index contributed by atoms with van der Waals surface area (Å²) in [5, 5.41) is 36.0. The zero-order valence-corrected chi connectivity index (χ0v) is 52.8. The van der Waals surface area contributed by atoms with Gasteiger partial charge in [0.05, 0.1) is 57.0 Å². The van der Waals surface area contributed by atoms with Crippen LogP contribution in [-0.4, -0.2) is 24.1 Å². The molecule has 0 fully saturated rings. The first-order chi connectivity index (χ1) is 48.4. The Morgan fingerprint density at radius 2 is 0.510 bits per heavy atom. The van der Waals surface area contributed by atoms with Gasteiger partial charge in [0.25, 0.3) is 0 Å². The van der Waals surface area contributed by atoms with Crippen molar-refractivity contribution >= 4 is 43.6 Å². The van der Waals surface area contributed by atoms with E-state index in [1.807, 2.05) is 109 Å². The second-order valence-electron chi connectivity index (χ2n) is 24.5. The number of nitrogens with zero attached hydrogens (tertiary/aromatic N) is 8. The minimum atomic E-state index is 0.390. The fourth-order valence-corrected chi connectivity index (χ4v) is 13.9. The Labute approximate surface area is 566 Å². The normalized spacial score (nSPS) is 11.2. The maximum Gasteiger partial charge on any atom is 0.164 e. The van der Waals surface area contributed by atoms with Crippen LogP contribution in [0.4, 0.5) is 0 Å². The molecule has 14 aromatic carbocycles. The first-order valence-corrected chi connectivity index (χ1v) is 32.5. The lowest BCUT2D eigenvalue weighted by Gasteiger charge is -2.16. The average molecular weight is 1250 g/mol. The van der Waals surface area contributed by atoms with E-state index < -0.39 is 0 Å². The van der Waals surface area contributed by atoms with Crippen molar-refractivity contribution < 1.29 is 0 Å². The van der Waals surface area contributed by atoms with Crippen molar-refractivity contribution in [1.82, 2.24) is 24.1 Å². The third-order valence-electron chi connectivity index (χ3n) is 18.6. The molecule has 0 unspecified atom stereocenters. The molecule has 0 saturated heterocycles. The van der Waals surface area contributed by atoms with E-state index in [9.17, 15) is 15.8 Å². The molecule has 0 bridgehead atoms. The Morgan fingerprint density at radius 1 is 0.214 bits per heavy atom. The number of rotatable bonds is 12. The summed E-state index contributed by atoms with van der Waals surface area (Å²) in [7, 11) is 0. The number of fused-ring (bicyclic) bond motifs is 6. The van der Waals surface area contributed by atoms with Gasteiger partial charge in [-0.3, -0.25) is 0 Å². The lowest BCUT2D eigenvalue weighted by molar-refractivity contribution is 1.07. The number of hydrogen-bond donors (Lipinski definition) is 0. The van der Waals surface area contributed by atoms with Crippen LogP contribution in [0.25, 0.3) is 167 Å². The van der Waals surface area contributed by atoms with E-state index in [2.05, 4.69) is 240 Å². The van der Waals surface area contributed by atoms with Gasteiger partial charge in [-0.25, -0.2) is 15.0 Å². The van der Waals surface area contributed by atoms with Gasteiger partial charge < -0.3 is 9.13 Å². The van der Waals surface area contributed by atoms with Crippen LogP contribution in [0.15, 0.2) is 328 Å². The third kappa shape index (κ3) is 10.6. The fraction of sp³-hybridized carbons (Fsp3) is 0. The van der Waals surface area contributed by atoms with Crippen LogP contribution >= 0.6 is 0 Å². The van der Waals surface area contributed by atoms with Gasteiger partial charge in [-0.05, 0) is 193 Å². The van der Waals surface area contributed by atoms with Gasteiger partial charge in [0, 0.05) is 49.6 Å². The quantitative estimate of drug-likeness (QED) is 0.120. The van der Waals surface area contributed by atoms with E-state index in [4.69, 9.17) is 15.0 Å². The second kappa shape index (κ2) is 24.6. The fourth-order valence-electron chi connectivity index (χ4n) is 13.9. The molecule has 0 aliphatic carbocycles. The highest BCUT2D eigenvalue weighted by molar-refractivity contribution is 6.13. The molecule has 0 radical (unpaired) electrons. The number of benzene rings is 14. The molecule has 17 rings (SSSR count). The highest BCUT2D eigenvalue weighted by Gasteiger charge is 2.23. The predicted molar refractivity (Wildman–Crippen MR) is 397 cm³/mol. The van der Waals surface area contributed by atoms with Crippen molar-refractivity contribution in [2.45, 2.75) is 0 Å². The van der Waals surface area contributed by atoms with Crippen molar-refractivity contribution in [1.29, 1.82) is 15.8 Å². The molecule has 0 spiro atoms. The van der Waals surface area contributed by atoms with Crippen LogP contribution in [-0.2, 0) is 0 Å². The summed E-state index contributed by atoms with van der Waals surface area (Å²) in [4.78, 5) is 16.7. The van der Waals surface area contributed by atoms with Crippen LogP contribution in [0.3, 0.4) is 0 Å². The Morgan fingerprint density at radius 3 is 0.888 bits per heavy atom. The zero-order valence-electron chi connectivity index (χ0n) is 52.8. The minimum Gasteiger partial charge on any atom is -0.309 e. The van der Waals surface area contributed by atoms with Gasteiger partial charge in [-0.2, -0.15) is 15.8 Å². The summed E-state index contributed by atoms with van der Waals surface area (Å²) in [5.74, 6) is 1.19. The van der Waals surface area contributed by atoms with Crippen molar-refractivity contribution in [3.8, 4) is 142 Å².